The van der Waals surface area contributed by atoms with Crippen LogP contribution >= 0.6 is 11.3 Å². The predicted molar refractivity (Wildman–Crippen MR) is 143 cm³/mol. The summed E-state index contributed by atoms with van der Waals surface area (Å²) in [5.74, 6) is -0.691. The smallest absolute Gasteiger partial charge is 0.413 e. The molecular formula is C25H30FN7O5S. The highest BCUT2D eigenvalue weighted by Gasteiger charge is 2.25. The van der Waals surface area contributed by atoms with Crippen LogP contribution in [0.25, 0.3) is 10.7 Å². The minimum atomic E-state index is -0.743. The molecule has 1 atom stereocenters. The SMILES string of the molecule is CC1COCCN1c1nc(Oc2ccc(C(=O)N(C)C)cc2F)nc(-c2cnc(NC(=O)OC(C)(C)C)s2)n1. The van der Waals surface area contributed by atoms with Gasteiger partial charge in [-0.1, -0.05) is 11.3 Å². The van der Waals surface area contributed by atoms with Gasteiger partial charge >= 0.3 is 12.1 Å². The minimum absolute atomic E-state index is 0.0271. The Hall–Kier alpha value is -3.91. The zero-order chi connectivity index (χ0) is 28.3. The molecule has 3 heterocycles. The maximum Gasteiger partial charge on any atom is 0.413 e. The van der Waals surface area contributed by atoms with Gasteiger partial charge in [0, 0.05) is 26.2 Å². The number of amides is 2. The van der Waals surface area contributed by atoms with E-state index in [1.165, 1.54) is 23.2 Å². The van der Waals surface area contributed by atoms with Crippen molar-refractivity contribution in [2.45, 2.75) is 39.3 Å². The summed E-state index contributed by atoms with van der Waals surface area (Å²) in [7, 11) is 3.16. The summed E-state index contributed by atoms with van der Waals surface area (Å²) in [5.41, 5.74) is -0.486. The van der Waals surface area contributed by atoms with Gasteiger partial charge in [-0.3, -0.25) is 10.1 Å². The van der Waals surface area contributed by atoms with E-state index >= 15 is 0 Å². The zero-order valence-corrected chi connectivity index (χ0v) is 23.3. The standard InChI is InChI=1S/C25H30FN7O5S/c1-14-13-36-10-9-33(14)21-28-19(18-12-27-23(39-18)31-24(35)38-25(2,3)4)29-22(30-21)37-17-8-7-15(11-16(17)26)20(34)32(5)6/h7-8,11-12,14H,9-10,13H2,1-6H3,(H,27,31,35). The van der Waals surface area contributed by atoms with Crippen LogP contribution in [0.3, 0.4) is 0 Å². The third-order valence-corrected chi connectivity index (χ3v) is 6.26. The number of thiazole rings is 1. The Morgan fingerprint density at radius 3 is 2.67 bits per heavy atom. The molecule has 1 saturated heterocycles. The van der Waals surface area contributed by atoms with Gasteiger partial charge in [0.05, 0.1) is 30.3 Å². The first-order chi connectivity index (χ1) is 18.4. The molecule has 1 fully saturated rings. The van der Waals surface area contributed by atoms with E-state index in [9.17, 15) is 14.0 Å². The molecule has 208 valence electrons. The number of hydrogen-bond acceptors (Lipinski definition) is 11. The Kier molecular flexibility index (Phi) is 8.25. The van der Waals surface area contributed by atoms with E-state index in [0.29, 0.717) is 30.6 Å². The highest BCUT2D eigenvalue weighted by atomic mass is 32.1. The van der Waals surface area contributed by atoms with Gasteiger partial charge in [-0.25, -0.2) is 14.2 Å². The van der Waals surface area contributed by atoms with E-state index in [4.69, 9.17) is 14.2 Å². The summed E-state index contributed by atoms with van der Waals surface area (Å²) in [6, 6.07) is 3.74. The molecule has 12 nitrogen and oxygen atoms in total. The van der Waals surface area contributed by atoms with Crippen LogP contribution < -0.4 is 15.0 Å². The van der Waals surface area contributed by atoms with Crippen LogP contribution in [0.2, 0.25) is 0 Å². The summed E-state index contributed by atoms with van der Waals surface area (Å²) in [4.78, 5) is 45.8. The summed E-state index contributed by atoms with van der Waals surface area (Å²) < 4.78 is 31.4. The fraction of sp³-hybridized carbons (Fsp3) is 0.440. The molecule has 14 heteroatoms. The summed E-state index contributed by atoms with van der Waals surface area (Å²) >= 11 is 1.13. The van der Waals surface area contributed by atoms with Crippen molar-refractivity contribution in [1.29, 1.82) is 0 Å². The van der Waals surface area contributed by atoms with Gasteiger partial charge in [0.1, 0.15) is 5.60 Å². The third-order valence-electron chi connectivity index (χ3n) is 5.35. The van der Waals surface area contributed by atoms with Crippen molar-refractivity contribution in [2.75, 3.05) is 44.1 Å². The predicted octanol–water partition coefficient (Wildman–Crippen LogP) is 4.20. The average Bonchev–Trinajstić information content (AvgIpc) is 3.32. The van der Waals surface area contributed by atoms with E-state index in [1.807, 2.05) is 11.8 Å². The third kappa shape index (κ3) is 7.15. The van der Waals surface area contributed by atoms with Crippen LogP contribution in [0.15, 0.2) is 24.4 Å². The van der Waals surface area contributed by atoms with E-state index in [-0.39, 0.29) is 40.2 Å². The molecule has 0 saturated carbocycles. The number of aromatic nitrogens is 4. The van der Waals surface area contributed by atoms with E-state index in [2.05, 4.69) is 25.3 Å². The van der Waals surface area contributed by atoms with Crippen molar-refractivity contribution in [1.82, 2.24) is 24.8 Å². The second-order valence-electron chi connectivity index (χ2n) is 9.96. The first-order valence-electron chi connectivity index (χ1n) is 12.2. The maximum atomic E-state index is 14.9. The van der Waals surface area contributed by atoms with Crippen LogP contribution in [0.1, 0.15) is 38.1 Å². The Morgan fingerprint density at radius 2 is 2.00 bits per heavy atom. The number of rotatable bonds is 6. The lowest BCUT2D eigenvalue weighted by Gasteiger charge is -2.33. The van der Waals surface area contributed by atoms with Crippen LogP contribution in [-0.2, 0) is 9.47 Å². The van der Waals surface area contributed by atoms with Gasteiger partial charge in [0.15, 0.2) is 22.5 Å². The maximum absolute atomic E-state index is 14.9. The number of anilines is 2. The van der Waals surface area contributed by atoms with Crippen LogP contribution in [-0.4, -0.2) is 82.3 Å². The van der Waals surface area contributed by atoms with Gasteiger partial charge in [-0.2, -0.15) is 15.0 Å². The minimum Gasteiger partial charge on any atom is -0.444 e. The monoisotopic (exact) mass is 559 g/mol. The number of carbonyl (C=O) groups excluding carboxylic acids is 2. The second kappa shape index (κ2) is 11.5. The molecular weight excluding hydrogens is 529 g/mol. The number of morpholine rings is 1. The lowest BCUT2D eigenvalue weighted by Crippen LogP contribution is -2.44. The van der Waals surface area contributed by atoms with Crippen LogP contribution in [0.5, 0.6) is 11.8 Å². The summed E-state index contributed by atoms with van der Waals surface area (Å²) in [6.07, 6.45) is 0.864. The van der Waals surface area contributed by atoms with E-state index < -0.39 is 17.5 Å². The molecule has 1 N–H and O–H groups in total. The van der Waals surface area contributed by atoms with Gasteiger partial charge < -0.3 is 24.0 Å². The van der Waals surface area contributed by atoms with Gasteiger partial charge in [-0.05, 0) is 45.9 Å². The van der Waals surface area contributed by atoms with Crippen molar-refractivity contribution >= 4 is 34.4 Å². The number of carbonyl (C=O) groups is 2. The molecule has 1 aliphatic rings. The zero-order valence-electron chi connectivity index (χ0n) is 22.5. The van der Waals surface area contributed by atoms with E-state index in [1.54, 1.807) is 34.9 Å². The quantitative estimate of drug-likeness (QED) is 0.469. The number of hydrogen-bond donors (Lipinski definition) is 1. The Labute approximate surface area is 229 Å². The fourth-order valence-corrected chi connectivity index (χ4v) is 4.29. The molecule has 0 spiro atoms. The molecule has 4 rings (SSSR count). The highest BCUT2D eigenvalue weighted by molar-refractivity contribution is 7.19. The van der Waals surface area contributed by atoms with Crippen LogP contribution in [0.4, 0.5) is 20.3 Å². The second-order valence-corrected chi connectivity index (χ2v) is 11.0. The molecule has 0 radical (unpaired) electrons. The van der Waals surface area contributed by atoms with Gasteiger partial charge in [0.25, 0.3) is 5.91 Å². The van der Waals surface area contributed by atoms with Crippen LogP contribution in [0, 0.1) is 5.82 Å². The fourth-order valence-electron chi connectivity index (χ4n) is 3.55. The molecule has 0 aliphatic carbocycles. The average molecular weight is 560 g/mol. The van der Waals surface area contributed by atoms with E-state index in [0.717, 1.165) is 17.4 Å². The topological polar surface area (TPSA) is 132 Å². The lowest BCUT2D eigenvalue weighted by molar-refractivity contribution is 0.0635. The normalized spacial score (nSPS) is 15.6. The molecule has 0 bridgehead atoms. The van der Waals surface area contributed by atoms with Crippen molar-refractivity contribution in [3.63, 3.8) is 0 Å². The largest absolute Gasteiger partial charge is 0.444 e. The lowest BCUT2D eigenvalue weighted by atomic mass is 10.2. The molecule has 1 aliphatic heterocycles. The Balaban J connectivity index is 1.65. The number of nitrogens with zero attached hydrogens (tertiary/aromatic N) is 6. The molecule has 1 aromatic carbocycles. The summed E-state index contributed by atoms with van der Waals surface area (Å²) in [6.45, 7) is 8.76. The highest BCUT2D eigenvalue weighted by Crippen LogP contribution is 2.31. The molecule has 1 unspecified atom stereocenters. The molecule has 2 amide bonds. The molecule has 2 aromatic heterocycles. The van der Waals surface area contributed by atoms with Crippen molar-refractivity contribution < 1.29 is 28.2 Å². The number of nitrogens with one attached hydrogen (secondary N) is 1. The number of benzene rings is 1. The molecule has 39 heavy (non-hydrogen) atoms. The van der Waals surface area contributed by atoms with Crippen molar-refractivity contribution in [2.24, 2.45) is 0 Å². The number of ether oxygens (including phenoxy) is 3. The Bertz CT molecular complexity index is 1360. The van der Waals surface area contributed by atoms with Crippen molar-refractivity contribution in [3.8, 4) is 22.5 Å². The molecule has 3 aromatic rings. The summed E-state index contributed by atoms with van der Waals surface area (Å²) in [5, 5.41) is 2.88. The van der Waals surface area contributed by atoms with Crippen molar-refractivity contribution in [3.05, 3.63) is 35.8 Å². The first-order valence-corrected chi connectivity index (χ1v) is 13.0. The Morgan fingerprint density at radius 1 is 1.23 bits per heavy atom. The van der Waals surface area contributed by atoms with Gasteiger partial charge in [0.2, 0.25) is 5.95 Å². The van der Waals surface area contributed by atoms with Gasteiger partial charge in [-0.15, -0.1) is 0 Å². The first kappa shape index (κ1) is 28.1. The number of halogens is 1.